The summed E-state index contributed by atoms with van der Waals surface area (Å²) >= 11 is 0. The molecule has 0 fully saturated rings. The number of carbonyl (C=O) groups excluding carboxylic acids is 1. The first-order valence-corrected chi connectivity index (χ1v) is 4.62. The first-order valence-electron chi connectivity index (χ1n) is 4.62. The molecule has 0 aliphatic heterocycles. The van der Waals surface area contributed by atoms with Crippen molar-refractivity contribution in [1.29, 1.82) is 0 Å². The van der Waals surface area contributed by atoms with Gasteiger partial charge in [-0.25, -0.2) is 0 Å². The van der Waals surface area contributed by atoms with Gasteiger partial charge in [0.25, 0.3) is 11.6 Å². The Labute approximate surface area is 92.4 Å². The lowest BCUT2D eigenvalue weighted by atomic mass is 10.2. The van der Waals surface area contributed by atoms with E-state index in [0.717, 1.165) is 0 Å². The number of amides is 1. The minimum Gasteiger partial charge on any atom is -0.372 e. The molecule has 0 heterocycles. The smallest absolute Gasteiger partial charge is 0.269 e. The Bertz CT molecular complexity index is 388. The van der Waals surface area contributed by atoms with Gasteiger partial charge in [0.05, 0.1) is 4.92 Å². The third-order valence-corrected chi connectivity index (χ3v) is 2.07. The van der Waals surface area contributed by atoms with Crippen LogP contribution in [0.25, 0.3) is 0 Å². The van der Waals surface area contributed by atoms with Crippen molar-refractivity contribution in [3.05, 3.63) is 34.4 Å². The summed E-state index contributed by atoms with van der Waals surface area (Å²) < 4.78 is 4.83. The second kappa shape index (κ2) is 5.22. The van der Waals surface area contributed by atoms with E-state index < -0.39 is 11.0 Å². The van der Waals surface area contributed by atoms with E-state index in [1.54, 1.807) is 6.92 Å². The van der Waals surface area contributed by atoms with Crippen LogP contribution in [0.15, 0.2) is 24.3 Å². The van der Waals surface area contributed by atoms with E-state index in [9.17, 15) is 14.9 Å². The Morgan fingerprint density at radius 1 is 1.44 bits per heavy atom. The fourth-order valence-corrected chi connectivity index (χ4v) is 1.02. The fraction of sp³-hybridized carbons (Fsp3) is 0.300. The van der Waals surface area contributed by atoms with Crippen LogP contribution in [-0.2, 0) is 9.53 Å². The molecule has 86 valence electrons. The molecule has 16 heavy (non-hydrogen) atoms. The largest absolute Gasteiger partial charge is 0.372 e. The van der Waals surface area contributed by atoms with Gasteiger partial charge in [0.2, 0.25) is 0 Å². The van der Waals surface area contributed by atoms with Crippen LogP contribution in [0.5, 0.6) is 0 Å². The second-order valence-electron chi connectivity index (χ2n) is 3.17. The average molecular weight is 224 g/mol. The van der Waals surface area contributed by atoms with Gasteiger partial charge in [-0.2, -0.15) is 0 Å². The zero-order chi connectivity index (χ0) is 12.1. The molecule has 6 nitrogen and oxygen atoms in total. The molecule has 0 aliphatic carbocycles. The van der Waals surface area contributed by atoms with Crippen molar-refractivity contribution < 1.29 is 14.5 Å². The Morgan fingerprint density at radius 2 is 2.00 bits per heavy atom. The maximum atomic E-state index is 11.4. The number of non-ortho nitro benzene ring substituents is 1. The number of hydrogen-bond donors (Lipinski definition) is 1. The quantitative estimate of drug-likeness (QED) is 0.621. The highest BCUT2D eigenvalue weighted by Gasteiger charge is 2.12. The molecular formula is C10H12N2O4. The molecule has 0 aliphatic rings. The summed E-state index contributed by atoms with van der Waals surface area (Å²) in [6.45, 7) is 1.61. The predicted molar refractivity (Wildman–Crippen MR) is 58.2 cm³/mol. The van der Waals surface area contributed by atoms with Gasteiger partial charge in [-0.05, 0) is 19.1 Å². The summed E-state index contributed by atoms with van der Waals surface area (Å²) in [7, 11) is 1.43. The predicted octanol–water partition coefficient (Wildman–Crippen LogP) is 1.57. The number of nitro groups is 1. The zero-order valence-corrected chi connectivity index (χ0v) is 8.97. The molecule has 0 bridgehead atoms. The van der Waals surface area contributed by atoms with Crippen molar-refractivity contribution in [3.8, 4) is 0 Å². The highest BCUT2D eigenvalue weighted by Crippen LogP contribution is 2.15. The minimum atomic E-state index is -0.560. The minimum absolute atomic E-state index is 0.0159. The molecular weight excluding hydrogens is 212 g/mol. The molecule has 1 rings (SSSR count). The molecule has 6 heteroatoms. The lowest BCUT2D eigenvalue weighted by Gasteiger charge is -2.09. The van der Waals surface area contributed by atoms with Crippen LogP contribution in [0.1, 0.15) is 6.92 Å². The third kappa shape index (κ3) is 3.03. The first-order chi connectivity index (χ1) is 7.54. The van der Waals surface area contributed by atoms with Crippen LogP contribution >= 0.6 is 0 Å². The van der Waals surface area contributed by atoms with E-state index in [4.69, 9.17) is 4.74 Å². The van der Waals surface area contributed by atoms with Gasteiger partial charge in [-0.3, -0.25) is 14.9 Å². The normalized spacial score (nSPS) is 11.9. The van der Waals surface area contributed by atoms with Crippen molar-refractivity contribution in [3.63, 3.8) is 0 Å². The van der Waals surface area contributed by atoms with Crippen LogP contribution in [0.2, 0.25) is 0 Å². The Kier molecular flexibility index (Phi) is 3.96. The molecule has 0 radical (unpaired) electrons. The number of methoxy groups -OCH3 is 1. The number of rotatable bonds is 4. The molecule has 0 saturated heterocycles. The Morgan fingerprint density at radius 3 is 2.44 bits per heavy atom. The third-order valence-electron chi connectivity index (χ3n) is 2.07. The van der Waals surface area contributed by atoms with Gasteiger partial charge < -0.3 is 10.1 Å². The van der Waals surface area contributed by atoms with Crippen molar-refractivity contribution in [2.45, 2.75) is 13.0 Å². The van der Waals surface area contributed by atoms with Crippen molar-refractivity contribution in [2.24, 2.45) is 0 Å². The molecule has 1 amide bonds. The fourth-order valence-electron chi connectivity index (χ4n) is 1.02. The van der Waals surface area contributed by atoms with Gasteiger partial charge in [0, 0.05) is 24.9 Å². The average Bonchev–Trinajstić information content (AvgIpc) is 2.28. The number of nitrogens with one attached hydrogen (secondary N) is 1. The van der Waals surface area contributed by atoms with E-state index in [1.807, 2.05) is 0 Å². The number of nitrogens with zero attached hydrogens (tertiary/aromatic N) is 1. The number of hydrogen-bond acceptors (Lipinski definition) is 4. The van der Waals surface area contributed by atoms with E-state index in [-0.39, 0.29) is 11.6 Å². The first kappa shape index (κ1) is 12.1. The van der Waals surface area contributed by atoms with Gasteiger partial charge in [-0.1, -0.05) is 0 Å². The maximum absolute atomic E-state index is 11.4. The van der Waals surface area contributed by atoms with Crippen molar-refractivity contribution >= 4 is 17.3 Å². The molecule has 1 aromatic carbocycles. The molecule has 0 spiro atoms. The molecule has 1 atom stereocenters. The number of ether oxygens (including phenoxy) is 1. The Balaban J connectivity index is 2.69. The summed E-state index contributed by atoms with van der Waals surface area (Å²) in [5, 5.41) is 13.0. The molecule has 0 saturated carbocycles. The lowest BCUT2D eigenvalue weighted by Crippen LogP contribution is -2.26. The van der Waals surface area contributed by atoms with Gasteiger partial charge >= 0.3 is 0 Å². The number of benzene rings is 1. The van der Waals surface area contributed by atoms with Crippen LogP contribution < -0.4 is 5.32 Å². The van der Waals surface area contributed by atoms with Crippen LogP contribution in [-0.4, -0.2) is 24.0 Å². The van der Waals surface area contributed by atoms with E-state index in [0.29, 0.717) is 5.69 Å². The summed E-state index contributed by atoms with van der Waals surface area (Å²) in [6, 6.07) is 5.59. The monoisotopic (exact) mass is 224 g/mol. The molecule has 1 N–H and O–H groups in total. The second-order valence-corrected chi connectivity index (χ2v) is 3.17. The molecule has 1 aromatic rings. The highest BCUT2D eigenvalue weighted by molar-refractivity contribution is 5.93. The Hall–Kier alpha value is -1.95. The van der Waals surface area contributed by atoms with E-state index in [1.165, 1.54) is 31.4 Å². The highest BCUT2D eigenvalue weighted by atomic mass is 16.6. The lowest BCUT2D eigenvalue weighted by molar-refractivity contribution is -0.384. The van der Waals surface area contributed by atoms with Crippen molar-refractivity contribution in [1.82, 2.24) is 0 Å². The number of carbonyl (C=O) groups is 1. The molecule has 0 aromatic heterocycles. The number of nitro benzene ring substituents is 1. The van der Waals surface area contributed by atoms with Gasteiger partial charge in [-0.15, -0.1) is 0 Å². The topological polar surface area (TPSA) is 81.5 Å². The van der Waals surface area contributed by atoms with Crippen LogP contribution in [0, 0.1) is 10.1 Å². The van der Waals surface area contributed by atoms with E-state index >= 15 is 0 Å². The van der Waals surface area contributed by atoms with Gasteiger partial charge in [0.15, 0.2) is 0 Å². The van der Waals surface area contributed by atoms with Gasteiger partial charge in [0.1, 0.15) is 6.10 Å². The maximum Gasteiger partial charge on any atom is 0.269 e. The summed E-state index contributed by atoms with van der Waals surface area (Å²) in [6.07, 6.45) is -0.560. The van der Waals surface area contributed by atoms with Crippen LogP contribution in [0.3, 0.4) is 0 Å². The summed E-state index contributed by atoms with van der Waals surface area (Å²) in [5.74, 6) is -0.295. The number of anilines is 1. The summed E-state index contributed by atoms with van der Waals surface area (Å²) in [5.41, 5.74) is 0.484. The summed E-state index contributed by atoms with van der Waals surface area (Å²) in [4.78, 5) is 21.3. The van der Waals surface area contributed by atoms with E-state index in [2.05, 4.69) is 5.32 Å². The van der Waals surface area contributed by atoms with Crippen molar-refractivity contribution in [2.75, 3.05) is 12.4 Å². The molecule has 1 unspecified atom stereocenters. The van der Waals surface area contributed by atoms with Crippen LogP contribution in [0.4, 0.5) is 11.4 Å². The standard InChI is InChI=1S/C10H12N2O4/c1-7(16-2)10(13)11-8-3-5-9(6-4-8)12(14)15/h3-7H,1-2H3,(H,11,13). The SMILES string of the molecule is COC(C)C(=O)Nc1ccc([N+](=O)[O-])cc1. The zero-order valence-electron chi connectivity index (χ0n) is 8.97.